The number of aliphatic carboxylic acids is 1. The van der Waals surface area contributed by atoms with Crippen LogP contribution < -0.4 is 5.32 Å². The molecule has 0 heterocycles. The minimum Gasteiger partial charge on any atom is -0.480 e. The molecule has 0 aliphatic rings. The van der Waals surface area contributed by atoms with E-state index in [1.165, 1.54) is 6.92 Å². The molecule has 0 aromatic rings. The van der Waals surface area contributed by atoms with E-state index < -0.39 is 23.2 Å². The number of rotatable bonds is 6. The number of hydrogen-bond acceptors (Lipinski definition) is 3. The number of unbranched alkanes of at least 4 members (excludes halogenated alkanes) is 2. The van der Waals surface area contributed by atoms with Crippen LogP contribution in [0, 0.1) is 0 Å². The number of carbonyl (C=O) groups is 2. The SMILES string of the molecule is CCCCC[C@@](C)(NC(=O)OC(C)(C)C)C(=O)O. The minimum atomic E-state index is -1.27. The van der Waals surface area contributed by atoms with Crippen LogP contribution in [-0.4, -0.2) is 28.3 Å². The average Bonchev–Trinajstić information content (AvgIpc) is 2.14. The molecule has 106 valence electrons. The van der Waals surface area contributed by atoms with Crippen LogP contribution >= 0.6 is 0 Å². The standard InChI is InChI=1S/C13H25NO4/c1-6-7-8-9-13(5,10(15)16)14-11(17)18-12(2,3)4/h6-9H2,1-5H3,(H,14,17)(H,15,16)/t13-/m1/s1. The van der Waals surface area contributed by atoms with Crippen molar-refractivity contribution in [2.24, 2.45) is 0 Å². The molecule has 0 rings (SSSR count). The van der Waals surface area contributed by atoms with Crippen molar-refractivity contribution in [3.05, 3.63) is 0 Å². The number of hydrogen-bond donors (Lipinski definition) is 2. The molecular weight excluding hydrogens is 234 g/mol. The topological polar surface area (TPSA) is 75.6 Å². The summed E-state index contributed by atoms with van der Waals surface area (Å²) < 4.78 is 5.08. The van der Waals surface area contributed by atoms with Gasteiger partial charge in [0.2, 0.25) is 0 Å². The van der Waals surface area contributed by atoms with E-state index in [0.29, 0.717) is 6.42 Å². The number of ether oxygens (including phenoxy) is 1. The summed E-state index contributed by atoms with van der Waals surface area (Å²) in [5.41, 5.74) is -1.90. The van der Waals surface area contributed by atoms with Gasteiger partial charge in [-0.3, -0.25) is 0 Å². The Morgan fingerprint density at radius 2 is 1.72 bits per heavy atom. The van der Waals surface area contributed by atoms with Gasteiger partial charge in [0.25, 0.3) is 0 Å². The maximum atomic E-state index is 11.6. The summed E-state index contributed by atoms with van der Waals surface area (Å²) >= 11 is 0. The lowest BCUT2D eigenvalue weighted by atomic mass is 9.95. The Balaban J connectivity index is 4.51. The molecule has 0 fully saturated rings. The van der Waals surface area contributed by atoms with Crippen molar-refractivity contribution in [2.75, 3.05) is 0 Å². The smallest absolute Gasteiger partial charge is 0.408 e. The molecule has 5 nitrogen and oxygen atoms in total. The molecule has 0 radical (unpaired) electrons. The lowest BCUT2D eigenvalue weighted by molar-refractivity contribution is -0.144. The third-order valence-corrected chi connectivity index (χ3v) is 2.53. The second kappa shape index (κ2) is 6.61. The van der Waals surface area contributed by atoms with Crippen LogP contribution in [-0.2, 0) is 9.53 Å². The number of alkyl carbamates (subject to hydrolysis) is 1. The summed E-state index contributed by atoms with van der Waals surface area (Å²) in [7, 11) is 0. The van der Waals surface area contributed by atoms with Crippen molar-refractivity contribution in [1.82, 2.24) is 5.32 Å². The molecular formula is C13H25NO4. The highest BCUT2D eigenvalue weighted by Gasteiger charge is 2.35. The van der Waals surface area contributed by atoms with Crippen LogP contribution in [0.15, 0.2) is 0 Å². The van der Waals surface area contributed by atoms with Crippen molar-refractivity contribution in [3.8, 4) is 0 Å². The number of amides is 1. The zero-order chi connectivity index (χ0) is 14.4. The van der Waals surface area contributed by atoms with Crippen LogP contribution in [0.3, 0.4) is 0 Å². The van der Waals surface area contributed by atoms with Crippen LogP contribution in [0.2, 0.25) is 0 Å². The van der Waals surface area contributed by atoms with Crippen molar-refractivity contribution in [3.63, 3.8) is 0 Å². The van der Waals surface area contributed by atoms with Crippen molar-refractivity contribution < 1.29 is 19.4 Å². The van der Waals surface area contributed by atoms with Gasteiger partial charge in [0.05, 0.1) is 0 Å². The van der Waals surface area contributed by atoms with Gasteiger partial charge in [0.1, 0.15) is 11.1 Å². The molecule has 1 atom stereocenters. The van der Waals surface area contributed by atoms with Gasteiger partial charge >= 0.3 is 12.1 Å². The molecule has 1 amide bonds. The number of carboxylic acids is 1. The first-order valence-electron chi connectivity index (χ1n) is 6.35. The molecule has 5 heteroatoms. The third kappa shape index (κ3) is 6.47. The van der Waals surface area contributed by atoms with Crippen molar-refractivity contribution in [1.29, 1.82) is 0 Å². The Labute approximate surface area is 109 Å². The van der Waals surface area contributed by atoms with Gasteiger partial charge in [-0.15, -0.1) is 0 Å². The highest BCUT2D eigenvalue weighted by molar-refractivity contribution is 5.83. The lowest BCUT2D eigenvalue weighted by Gasteiger charge is -2.28. The van der Waals surface area contributed by atoms with Crippen LogP contribution in [0.25, 0.3) is 0 Å². The molecule has 0 saturated heterocycles. The summed E-state index contributed by atoms with van der Waals surface area (Å²) in [4.78, 5) is 22.9. The van der Waals surface area contributed by atoms with Crippen LogP contribution in [0.5, 0.6) is 0 Å². The molecule has 18 heavy (non-hydrogen) atoms. The summed E-state index contributed by atoms with van der Waals surface area (Å²) in [6, 6.07) is 0. The maximum Gasteiger partial charge on any atom is 0.408 e. The first kappa shape index (κ1) is 16.7. The van der Waals surface area contributed by atoms with E-state index in [-0.39, 0.29) is 0 Å². The molecule has 0 saturated carbocycles. The van der Waals surface area contributed by atoms with E-state index in [2.05, 4.69) is 5.32 Å². The number of carbonyl (C=O) groups excluding carboxylic acids is 1. The second-order valence-electron chi connectivity index (χ2n) is 5.72. The van der Waals surface area contributed by atoms with Gasteiger partial charge in [-0.1, -0.05) is 26.2 Å². The second-order valence-corrected chi connectivity index (χ2v) is 5.72. The minimum absolute atomic E-state index is 0.398. The van der Waals surface area contributed by atoms with E-state index in [9.17, 15) is 14.7 Å². The van der Waals surface area contributed by atoms with Gasteiger partial charge in [0, 0.05) is 0 Å². The Morgan fingerprint density at radius 1 is 1.17 bits per heavy atom. The predicted octanol–water partition coefficient (Wildman–Crippen LogP) is 2.93. The van der Waals surface area contributed by atoms with E-state index in [1.807, 2.05) is 6.92 Å². The van der Waals surface area contributed by atoms with Crippen LogP contribution in [0.1, 0.15) is 60.3 Å². The van der Waals surface area contributed by atoms with Gasteiger partial charge in [-0.25, -0.2) is 9.59 Å². The Morgan fingerprint density at radius 3 is 2.11 bits per heavy atom. The highest BCUT2D eigenvalue weighted by atomic mass is 16.6. The fourth-order valence-electron chi connectivity index (χ4n) is 1.48. The summed E-state index contributed by atoms with van der Waals surface area (Å²) in [6.45, 7) is 8.76. The zero-order valence-corrected chi connectivity index (χ0v) is 12.0. The van der Waals surface area contributed by atoms with E-state index in [1.54, 1.807) is 20.8 Å². The largest absolute Gasteiger partial charge is 0.480 e. The maximum absolute atomic E-state index is 11.6. The summed E-state index contributed by atoms with van der Waals surface area (Å²) in [5, 5.41) is 11.7. The quantitative estimate of drug-likeness (QED) is 0.719. The fourth-order valence-corrected chi connectivity index (χ4v) is 1.48. The summed E-state index contributed by atoms with van der Waals surface area (Å²) in [6.07, 6.45) is 2.41. The van der Waals surface area contributed by atoms with Gasteiger partial charge < -0.3 is 15.2 Å². The fraction of sp³-hybridized carbons (Fsp3) is 0.846. The lowest BCUT2D eigenvalue weighted by Crippen LogP contribution is -2.53. The number of nitrogens with one attached hydrogen (secondary N) is 1. The first-order valence-corrected chi connectivity index (χ1v) is 6.35. The normalized spacial score (nSPS) is 14.7. The molecule has 0 unspecified atom stereocenters. The summed E-state index contributed by atoms with van der Waals surface area (Å²) in [5.74, 6) is -1.04. The van der Waals surface area contributed by atoms with E-state index >= 15 is 0 Å². The van der Waals surface area contributed by atoms with Crippen molar-refractivity contribution in [2.45, 2.75) is 71.4 Å². The van der Waals surface area contributed by atoms with Gasteiger partial charge in [-0.2, -0.15) is 0 Å². The first-order chi connectivity index (χ1) is 8.10. The van der Waals surface area contributed by atoms with Crippen molar-refractivity contribution >= 4 is 12.1 Å². The molecule has 0 spiro atoms. The Bertz CT molecular complexity index is 296. The van der Waals surface area contributed by atoms with Gasteiger partial charge in [0.15, 0.2) is 0 Å². The molecule has 2 N–H and O–H groups in total. The molecule has 0 aliphatic carbocycles. The monoisotopic (exact) mass is 259 g/mol. The third-order valence-electron chi connectivity index (χ3n) is 2.53. The Kier molecular flexibility index (Phi) is 6.15. The van der Waals surface area contributed by atoms with Crippen LogP contribution in [0.4, 0.5) is 4.79 Å². The highest BCUT2D eigenvalue weighted by Crippen LogP contribution is 2.17. The number of carboxylic acid groups (broad SMARTS) is 1. The zero-order valence-electron chi connectivity index (χ0n) is 12.0. The van der Waals surface area contributed by atoms with Gasteiger partial charge in [-0.05, 0) is 34.1 Å². The van der Waals surface area contributed by atoms with E-state index in [4.69, 9.17) is 4.74 Å². The molecule has 0 bridgehead atoms. The Hall–Kier alpha value is -1.26. The molecule has 0 aromatic carbocycles. The predicted molar refractivity (Wildman–Crippen MR) is 69.6 cm³/mol. The average molecular weight is 259 g/mol. The molecule has 0 aliphatic heterocycles. The molecule has 0 aromatic heterocycles. The van der Waals surface area contributed by atoms with E-state index in [0.717, 1.165) is 19.3 Å².